The van der Waals surface area contributed by atoms with E-state index in [0.29, 0.717) is 31.6 Å². The molecule has 19 heteroatoms. The topological polar surface area (TPSA) is 237 Å². The number of phosphoric ester groups is 2. The fourth-order valence-corrected chi connectivity index (χ4v) is 11.4. The van der Waals surface area contributed by atoms with E-state index in [2.05, 4.69) is 41.5 Å². The largest absolute Gasteiger partial charge is 0.472 e. The summed E-state index contributed by atoms with van der Waals surface area (Å²) in [4.78, 5) is 72.2. The van der Waals surface area contributed by atoms with Crippen molar-refractivity contribution in [3.05, 3.63) is 0 Å². The minimum atomic E-state index is -4.95. The van der Waals surface area contributed by atoms with Crippen LogP contribution in [0.15, 0.2) is 0 Å². The van der Waals surface area contributed by atoms with E-state index in [4.69, 9.17) is 37.0 Å². The van der Waals surface area contributed by atoms with Crippen LogP contribution in [-0.4, -0.2) is 96.7 Å². The Balaban J connectivity index is 5.21. The number of hydrogen-bond acceptors (Lipinski definition) is 15. The smallest absolute Gasteiger partial charge is 0.462 e. The molecule has 0 amide bonds. The Morgan fingerprint density at radius 1 is 0.341 bits per heavy atom. The molecular weight excluding hydrogens is 1130 g/mol. The van der Waals surface area contributed by atoms with Crippen LogP contribution in [0.4, 0.5) is 0 Å². The van der Waals surface area contributed by atoms with E-state index in [1.54, 1.807) is 0 Å². The van der Waals surface area contributed by atoms with Gasteiger partial charge in [-0.05, 0) is 37.5 Å². The quantitative estimate of drug-likeness (QED) is 0.0222. The van der Waals surface area contributed by atoms with Crippen molar-refractivity contribution < 1.29 is 80.2 Å². The van der Waals surface area contributed by atoms with E-state index in [0.717, 1.165) is 109 Å². The molecule has 0 aliphatic rings. The number of carbonyl (C=O) groups is 4. The number of aliphatic hydroxyl groups is 1. The summed E-state index contributed by atoms with van der Waals surface area (Å²) in [5, 5.41) is 10.5. The molecule has 0 aromatic heterocycles. The van der Waals surface area contributed by atoms with Gasteiger partial charge < -0.3 is 33.8 Å². The monoisotopic (exact) mass is 1250 g/mol. The molecule has 0 heterocycles. The first-order valence-corrected chi connectivity index (χ1v) is 37.5. The Morgan fingerprint density at radius 3 is 0.894 bits per heavy atom. The van der Waals surface area contributed by atoms with Crippen molar-refractivity contribution in [2.75, 3.05) is 39.6 Å². The molecule has 0 radical (unpaired) electrons. The molecule has 3 N–H and O–H groups in total. The normalized spacial score (nSPS) is 14.6. The molecule has 0 saturated heterocycles. The molecule has 0 saturated carbocycles. The van der Waals surface area contributed by atoms with E-state index in [9.17, 15) is 43.2 Å². The molecule has 0 spiro atoms. The predicted octanol–water partition coefficient (Wildman–Crippen LogP) is 18.4. The number of rotatable bonds is 65. The number of ether oxygens (including phenoxy) is 4. The zero-order valence-corrected chi connectivity index (χ0v) is 56.7. The molecule has 6 atom stereocenters. The standard InChI is InChI=1S/C66H128O17P2/c1-7-10-12-14-16-17-18-19-20-21-22-27-31-38-44-50-65(70)82-61(55-77-64(69)49-43-37-30-26-24-23-25-29-35-41-47-59(6)9-3)56-80-84(72,73)78-52-60(67)53-79-85(74,75)81-57-62(54-76-63(68)48-42-36-28-15-13-11-8-2)83-66(71)51-45-39-33-32-34-40-46-58(4)5/h58-62,67H,7-57H2,1-6H3,(H,72,73)(H,74,75)/t59?,60-,61-,62-/m1/s1. The average Bonchev–Trinajstić information content (AvgIpc) is 3.54. The predicted molar refractivity (Wildman–Crippen MR) is 340 cm³/mol. The third kappa shape index (κ3) is 59.5. The lowest BCUT2D eigenvalue weighted by Crippen LogP contribution is -2.30. The molecule has 0 bridgehead atoms. The van der Waals surface area contributed by atoms with Gasteiger partial charge in [-0.2, -0.15) is 0 Å². The fourth-order valence-electron chi connectivity index (χ4n) is 9.85. The molecule has 85 heavy (non-hydrogen) atoms. The summed E-state index contributed by atoms with van der Waals surface area (Å²) in [6, 6.07) is 0. The third-order valence-corrected chi connectivity index (χ3v) is 17.5. The molecule has 0 aliphatic heterocycles. The molecule has 504 valence electrons. The fraction of sp³-hybridized carbons (Fsp3) is 0.939. The SMILES string of the molecule is CCCCCCCCCCCCCCCCCC(=O)O[C@H](COC(=O)CCCCCCCCCCCCC(C)CC)COP(=O)(O)OC[C@@H](O)COP(=O)(O)OC[C@@H](COC(=O)CCCCCCCCC)OC(=O)CCCCCCCCC(C)C. The first kappa shape index (κ1) is 83.1. The number of hydrogen-bond donors (Lipinski definition) is 3. The average molecular weight is 1260 g/mol. The summed E-state index contributed by atoms with van der Waals surface area (Å²) in [5.74, 6) is -0.658. The molecule has 0 fully saturated rings. The van der Waals surface area contributed by atoms with E-state index >= 15 is 0 Å². The van der Waals surface area contributed by atoms with Crippen molar-refractivity contribution in [2.24, 2.45) is 11.8 Å². The van der Waals surface area contributed by atoms with Crippen molar-refractivity contribution >= 4 is 39.5 Å². The number of unbranched alkanes of at least 4 members (excludes halogenated alkanes) is 34. The lowest BCUT2D eigenvalue weighted by atomic mass is 9.99. The summed E-state index contributed by atoms with van der Waals surface area (Å²) in [5.41, 5.74) is 0. The van der Waals surface area contributed by atoms with Crippen LogP contribution in [-0.2, 0) is 65.4 Å². The van der Waals surface area contributed by atoms with Gasteiger partial charge in [0.15, 0.2) is 12.2 Å². The molecule has 0 aliphatic carbocycles. The summed E-state index contributed by atoms with van der Waals surface area (Å²) in [7, 11) is -9.89. The van der Waals surface area contributed by atoms with E-state index in [1.807, 2.05) is 0 Å². The van der Waals surface area contributed by atoms with E-state index in [1.165, 1.54) is 135 Å². The van der Waals surface area contributed by atoms with Gasteiger partial charge in [0.2, 0.25) is 0 Å². The second-order valence-corrected chi connectivity index (χ2v) is 27.5. The number of phosphoric acid groups is 2. The van der Waals surface area contributed by atoms with Crippen LogP contribution in [0, 0.1) is 11.8 Å². The Kier molecular flexibility index (Phi) is 57.1. The van der Waals surface area contributed by atoms with Crippen molar-refractivity contribution in [1.82, 2.24) is 0 Å². The molecule has 0 rings (SSSR count). The number of esters is 4. The summed E-state index contributed by atoms with van der Waals surface area (Å²) < 4.78 is 68.0. The second-order valence-electron chi connectivity index (χ2n) is 24.6. The molecule has 0 aromatic carbocycles. The lowest BCUT2D eigenvalue weighted by molar-refractivity contribution is -0.161. The van der Waals surface area contributed by atoms with Crippen LogP contribution in [0.25, 0.3) is 0 Å². The van der Waals surface area contributed by atoms with Crippen LogP contribution < -0.4 is 0 Å². The Morgan fingerprint density at radius 2 is 0.600 bits per heavy atom. The number of aliphatic hydroxyl groups excluding tert-OH is 1. The minimum absolute atomic E-state index is 0.102. The lowest BCUT2D eigenvalue weighted by Gasteiger charge is -2.21. The maximum Gasteiger partial charge on any atom is 0.472 e. The second kappa shape index (κ2) is 58.4. The summed E-state index contributed by atoms with van der Waals surface area (Å²) >= 11 is 0. The van der Waals surface area contributed by atoms with Crippen LogP contribution in [0.1, 0.15) is 330 Å². The highest BCUT2D eigenvalue weighted by Crippen LogP contribution is 2.45. The highest BCUT2D eigenvalue weighted by atomic mass is 31.2. The summed E-state index contributed by atoms with van der Waals surface area (Å²) in [6.07, 6.45) is 41.9. The molecule has 3 unspecified atom stereocenters. The van der Waals surface area contributed by atoms with Gasteiger partial charge in [0.05, 0.1) is 26.4 Å². The van der Waals surface area contributed by atoms with Gasteiger partial charge in [-0.3, -0.25) is 37.3 Å². The zero-order chi connectivity index (χ0) is 62.9. The van der Waals surface area contributed by atoms with Crippen molar-refractivity contribution in [1.29, 1.82) is 0 Å². The van der Waals surface area contributed by atoms with Gasteiger partial charge in [0.1, 0.15) is 19.3 Å². The first-order valence-electron chi connectivity index (χ1n) is 34.5. The molecular formula is C66H128O17P2. The van der Waals surface area contributed by atoms with Crippen molar-refractivity contribution in [2.45, 2.75) is 349 Å². The van der Waals surface area contributed by atoms with Crippen LogP contribution in [0.2, 0.25) is 0 Å². The Labute approximate surface area is 517 Å². The van der Waals surface area contributed by atoms with E-state index < -0.39 is 97.5 Å². The maximum atomic E-state index is 13.0. The minimum Gasteiger partial charge on any atom is -0.462 e. The molecule has 0 aromatic rings. The van der Waals surface area contributed by atoms with Gasteiger partial charge in [0.25, 0.3) is 0 Å². The highest BCUT2D eigenvalue weighted by Gasteiger charge is 2.30. The first-order chi connectivity index (χ1) is 40.9. The number of carbonyl (C=O) groups excluding carboxylic acids is 4. The van der Waals surface area contributed by atoms with Gasteiger partial charge in [0, 0.05) is 25.7 Å². The highest BCUT2D eigenvalue weighted by molar-refractivity contribution is 7.47. The van der Waals surface area contributed by atoms with Crippen LogP contribution in [0.5, 0.6) is 0 Å². The summed E-state index contributed by atoms with van der Waals surface area (Å²) in [6.45, 7) is 9.41. The van der Waals surface area contributed by atoms with Gasteiger partial charge in [-0.25, -0.2) is 9.13 Å². The third-order valence-electron chi connectivity index (χ3n) is 15.6. The van der Waals surface area contributed by atoms with Gasteiger partial charge in [-0.1, -0.05) is 279 Å². The molecule has 17 nitrogen and oxygen atoms in total. The van der Waals surface area contributed by atoms with Crippen molar-refractivity contribution in [3.8, 4) is 0 Å². The van der Waals surface area contributed by atoms with Gasteiger partial charge >= 0.3 is 39.5 Å². The zero-order valence-electron chi connectivity index (χ0n) is 54.9. The van der Waals surface area contributed by atoms with E-state index in [-0.39, 0.29) is 25.7 Å². The van der Waals surface area contributed by atoms with Crippen LogP contribution in [0.3, 0.4) is 0 Å². The Bertz CT molecular complexity index is 1670. The van der Waals surface area contributed by atoms with Gasteiger partial charge in [-0.15, -0.1) is 0 Å². The van der Waals surface area contributed by atoms with Crippen molar-refractivity contribution in [3.63, 3.8) is 0 Å². The van der Waals surface area contributed by atoms with Crippen LogP contribution >= 0.6 is 15.6 Å². The Hall–Kier alpha value is -1.94. The maximum absolute atomic E-state index is 13.0.